The molecule has 0 fully saturated rings. The van der Waals surface area contributed by atoms with Crippen molar-refractivity contribution in [3.8, 4) is 11.4 Å². The zero-order valence-electron chi connectivity index (χ0n) is 14.6. The van der Waals surface area contributed by atoms with E-state index in [1.807, 2.05) is 13.8 Å². The Morgan fingerprint density at radius 2 is 1.92 bits per heavy atom. The summed E-state index contributed by atoms with van der Waals surface area (Å²) in [5, 5.41) is 28.2. The Kier molecular flexibility index (Phi) is 5.21. The van der Waals surface area contributed by atoms with Gasteiger partial charge in [0.1, 0.15) is 11.6 Å². The maximum atomic E-state index is 12.5. The fourth-order valence-electron chi connectivity index (χ4n) is 2.27. The average molecular weight is 373 g/mol. The van der Waals surface area contributed by atoms with Crippen molar-refractivity contribution in [1.82, 2.24) is 30.0 Å². The van der Waals surface area contributed by atoms with Gasteiger partial charge in [0.25, 0.3) is 0 Å². The molecule has 2 heterocycles. The molecule has 9 nitrogen and oxygen atoms in total. The molecule has 2 aromatic heterocycles. The molecule has 3 rings (SSSR count). The smallest absolute Gasteiger partial charge is 0.238 e. The van der Waals surface area contributed by atoms with Crippen molar-refractivity contribution in [2.75, 3.05) is 5.32 Å². The van der Waals surface area contributed by atoms with Crippen molar-refractivity contribution in [2.24, 2.45) is 0 Å². The summed E-state index contributed by atoms with van der Waals surface area (Å²) >= 11 is 1.24. The van der Waals surface area contributed by atoms with Crippen LogP contribution in [0.1, 0.15) is 26.8 Å². The Balaban J connectivity index is 1.71. The van der Waals surface area contributed by atoms with Gasteiger partial charge in [-0.1, -0.05) is 11.8 Å². The van der Waals surface area contributed by atoms with Crippen LogP contribution in [0.2, 0.25) is 0 Å². The number of thioether (sulfide) groups is 1. The molecule has 1 unspecified atom stereocenters. The number of hydrogen-bond donors (Lipinski definition) is 2. The molecular formula is C16H19N7O2S. The van der Waals surface area contributed by atoms with Crippen LogP contribution in [0, 0.1) is 0 Å². The molecule has 0 bridgehead atoms. The lowest BCUT2D eigenvalue weighted by Gasteiger charge is -2.14. The minimum Gasteiger partial charge on any atom is -0.508 e. The monoisotopic (exact) mass is 373 g/mol. The fraction of sp³-hybridized carbons (Fsp3) is 0.312. The number of tetrazole rings is 1. The third-order valence-electron chi connectivity index (χ3n) is 3.60. The van der Waals surface area contributed by atoms with Crippen molar-refractivity contribution < 1.29 is 9.90 Å². The summed E-state index contributed by atoms with van der Waals surface area (Å²) in [6.07, 6.45) is 1.65. The van der Waals surface area contributed by atoms with Crippen LogP contribution in [-0.2, 0) is 4.79 Å². The van der Waals surface area contributed by atoms with Gasteiger partial charge < -0.3 is 10.4 Å². The maximum Gasteiger partial charge on any atom is 0.238 e. The van der Waals surface area contributed by atoms with E-state index in [2.05, 4.69) is 25.9 Å². The number of aromatic nitrogens is 6. The molecule has 3 aromatic rings. The molecule has 1 amide bonds. The molecule has 0 saturated heterocycles. The number of carbonyl (C=O) groups excluding carboxylic acids is 1. The molecule has 1 aromatic carbocycles. The molecule has 0 aliphatic carbocycles. The molecule has 0 saturated carbocycles. The molecule has 1 atom stereocenters. The first kappa shape index (κ1) is 17.9. The first-order valence-electron chi connectivity index (χ1n) is 8.04. The van der Waals surface area contributed by atoms with E-state index in [1.54, 1.807) is 48.1 Å². The maximum absolute atomic E-state index is 12.5. The number of carbonyl (C=O) groups is 1. The van der Waals surface area contributed by atoms with Gasteiger partial charge in [0, 0.05) is 12.1 Å². The molecule has 26 heavy (non-hydrogen) atoms. The molecule has 0 aliphatic heterocycles. The fourth-order valence-corrected chi connectivity index (χ4v) is 3.08. The molecule has 10 heteroatoms. The summed E-state index contributed by atoms with van der Waals surface area (Å²) in [6.45, 7) is 5.77. The average Bonchev–Trinajstić information content (AvgIpc) is 3.25. The molecule has 2 N–H and O–H groups in total. The lowest BCUT2D eigenvalue weighted by molar-refractivity contribution is -0.115. The van der Waals surface area contributed by atoms with Gasteiger partial charge in [-0.3, -0.25) is 4.79 Å². The summed E-state index contributed by atoms with van der Waals surface area (Å²) in [5.41, 5.74) is 0.695. The van der Waals surface area contributed by atoms with Crippen molar-refractivity contribution in [2.45, 2.75) is 37.2 Å². The van der Waals surface area contributed by atoms with Gasteiger partial charge in [0.05, 0.1) is 17.1 Å². The molecule has 0 radical (unpaired) electrons. The number of hydrogen-bond acceptors (Lipinski definition) is 7. The largest absolute Gasteiger partial charge is 0.508 e. The van der Waals surface area contributed by atoms with E-state index < -0.39 is 5.25 Å². The van der Waals surface area contributed by atoms with Crippen LogP contribution in [0.4, 0.5) is 5.82 Å². The zero-order valence-corrected chi connectivity index (χ0v) is 15.4. The zero-order chi connectivity index (χ0) is 18.7. The SMILES string of the molecule is CC(Sc1nnnn1-c1ccc(O)cc1)C(=O)Nc1ccnn1C(C)C. The summed E-state index contributed by atoms with van der Waals surface area (Å²) in [7, 11) is 0. The minimum atomic E-state index is -0.424. The van der Waals surface area contributed by atoms with Crippen LogP contribution in [0.3, 0.4) is 0 Å². The van der Waals surface area contributed by atoms with Crippen LogP contribution in [-0.4, -0.2) is 46.3 Å². The first-order chi connectivity index (χ1) is 12.5. The minimum absolute atomic E-state index is 0.144. The van der Waals surface area contributed by atoms with Crippen LogP contribution in [0.25, 0.3) is 5.69 Å². The van der Waals surface area contributed by atoms with E-state index in [4.69, 9.17) is 0 Å². The van der Waals surface area contributed by atoms with E-state index in [0.29, 0.717) is 16.7 Å². The highest BCUT2D eigenvalue weighted by atomic mass is 32.2. The third kappa shape index (κ3) is 3.85. The number of aromatic hydroxyl groups is 1. The van der Waals surface area contributed by atoms with Crippen molar-refractivity contribution in [3.05, 3.63) is 36.5 Å². The Bertz CT molecular complexity index is 888. The third-order valence-corrected chi connectivity index (χ3v) is 4.63. The van der Waals surface area contributed by atoms with Gasteiger partial charge in [-0.05, 0) is 55.5 Å². The van der Waals surface area contributed by atoms with E-state index >= 15 is 0 Å². The van der Waals surface area contributed by atoms with Crippen LogP contribution in [0.15, 0.2) is 41.7 Å². The lowest BCUT2D eigenvalue weighted by Crippen LogP contribution is -2.25. The van der Waals surface area contributed by atoms with Crippen LogP contribution in [0.5, 0.6) is 5.75 Å². The second-order valence-corrected chi connectivity index (χ2v) is 7.20. The standard InChI is InChI=1S/C16H19N7O2S/c1-10(2)22-14(8-9-17-22)18-15(25)11(3)26-16-19-20-21-23(16)12-4-6-13(24)7-5-12/h4-11,24H,1-3H3,(H,18,25). The van der Waals surface area contributed by atoms with Crippen LogP contribution >= 0.6 is 11.8 Å². The molecule has 0 aliphatic rings. The number of benzene rings is 1. The lowest BCUT2D eigenvalue weighted by atomic mass is 10.3. The molecule has 136 valence electrons. The van der Waals surface area contributed by atoms with Gasteiger partial charge in [0.2, 0.25) is 11.1 Å². The summed E-state index contributed by atoms with van der Waals surface area (Å²) < 4.78 is 3.27. The van der Waals surface area contributed by atoms with Crippen LogP contribution < -0.4 is 5.32 Å². The number of nitrogens with zero attached hydrogens (tertiary/aromatic N) is 6. The van der Waals surface area contributed by atoms with E-state index in [0.717, 1.165) is 0 Å². The number of anilines is 1. The normalized spacial score (nSPS) is 12.3. The van der Waals surface area contributed by atoms with Gasteiger partial charge >= 0.3 is 0 Å². The summed E-state index contributed by atoms with van der Waals surface area (Å²) in [5.74, 6) is 0.638. The highest BCUT2D eigenvalue weighted by Gasteiger charge is 2.20. The number of nitrogens with one attached hydrogen (secondary N) is 1. The predicted octanol–water partition coefficient (Wildman–Crippen LogP) is 2.26. The second-order valence-electron chi connectivity index (χ2n) is 5.89. The Hall–Kier alpha value is -2.88. The van der Waals surface area contributed by atoms with Gasteiger partial charge in [0.15, 0.2) is 0 Å². The second kappa shape index (κ2) is 7.56. The highest BCUT2D eigenvalue weighted by molar-refractivity contribution is 8.00. The van der Waals surface area contributed by atoms with Crippen molar-refractivity contribution >= 4 is 23.5 Å². The number of phenols is 1. The summed E-state index contributed by atoms with van der Waals surface area (Å²) in [6, 6.07) is 8.40. The van der Waals surface area contributed by atoms with Gasteiger partial charge in [-0.25, -0.2) is 4.68 Å². The number of rotatable bonds is 6. The quantitative estimate of drug-likeness (QED) is 0.638. The summed E-state index contributed by atoms with van der Waals surface area (Å²) in [4.78, 5) is 12.5. The molecular weight excluding hydrogens is 354 g/mol. The van der Waals surface area contributed by atoms with E-state index in [9.17, 15) is 9.90 Å². The molecule has 0 spiro atoms. The highest BCUT2D eigenvalue weighted by Crippen LogP contribution is 2.25. The topological polar surface area (TPSA) is 111 Å². The van der Waals surface area contributed by atoms with Gasteiger partial charge in [-0.15, -0.1) is 5.10 Å². The Labute approximate surface area is 154 Å². The van der Waals surface area contributed by atoms with E-state index in [-0.39, 0.29) is 17.7 Å². The Morgan fingerprint density at radius 3 is 2.62 bits per heavy atom. The number of phenolic OH excluding ortho intramolecular Hbond substituents is 1. The van der Waals surface area contributed by atoms with Gasteiger partial charge in [-0.2, -0.15) is 9.78 Å². The first-order valence-corrected chi connectivity index (χ1v) is 8.92. The Morgan fingerprint density at radius 1 is 1.19 bits per heavy atom. The number of amides is 1. The van der Waals surface area contributed by atoms with Crippen molar-refractivity contribution in [3.63, 3.8) is 0 Å². The van der Waals surface area contributed by atoms with E-state index in [1.165, 1.54) is 16.4 Å². The predicted molar refractivity (Wildman–Crippen MR) is 97.4 cm³/mol. The van der Waals surface area contributed by atoms with Crippen molar-refractivity contribution in [1.29, 1.82) is 0 Å².